The number of aromatic hydroxyl groups is 1. The first-order valence-electron chi connectivity index (χ1n) is 5.11. The van der Waals surface area contributed by atoms with Gasteiger partial charge >= 0.3 is 0 Å². The van der Waals surface area contributed by atoms with E-state index in [2.05, 4.69) is 6.92 Å². The molecule has 1 N–H and O–H groups in total. The molecule has 0 bridgehead atoms. The third-order valence-corrected chi connectivity index (χ3v) is 1.34. The van der Waals surface area contributed by atoms with E-state index in [0.29, 0.717) is 5.75 Å². The molecule has 0 spiro atoms. The molecule has 0 fully saturated rings. The quantitative estimate of drug-likeness (QED) is 0.695. The molecular weight excluding hydrogens is 160 g/mol. The Kier molecular flexibility index (Phi) is 12.3. The second-order valence-corrected chi connectivity index (χ2v) is 2.02. The lowest BCUT2D eigenvalue weighted by Crippen LogP contribution is -1.75. The van der Waals surface area contributed by atoms with Crippen LogP contribution in [-0.4, -0.2) is 5.11 Å². The number of aryl methyl sites for hydroxylation is 1. The summed E-state index contributed by atoms with van der Waals surface area (Å²) >= 11 is 0. The lowest BCUT2D eigenvalue weighted by Gasteiger charge is -1.93. The highest BCUT2D eigenvalue weighted by Gasteiger charge is 1.86. The Bertz CT molecular complexity index is 177. The van der Waals surface area contributed by atoms with Gasteiger partial charge in [0.15, 0.2) is 0 Å². The summed E-state index contributed by atoms with van der Waals surface area (Å²) < 4.78 is 0. The van der Waals surface area contributed by atoms with Gasteiger partial charge < -0.3 is 5.11 Å². The minimum Gasteiger partial charge on any atom is -0.508 e. The highest BCUT2D eigenvalue weighted by Crippen LogP contribution is 2.09. The van der Waals surface area contributed by atoms with E-state index in [1.165, 1.54) is 5.56 Å². The van der Waals surface area contributed by atoms with Crippen LogP contribution in [0.3, 0.4) is 0 Å². The molecule has 0 atom stereocenters. The third kappa shape index (κ3) is 7.38. The topological polar surface area (TPSA) is 20.2 Å². The zero-order valence-electron chi connectivity index (χ0n) is 9.46. The predicted molar refractivity (Wildman–Crippen MR) is 60.2 cm³/mol. The molecule has 0 saturated carbocycles. The zero-order chi connectivity index (χ0) is 10.7. The minimum absolute atomic E-state index is 0.340. The van der Waals surface area contributed by atoms with Crippen LogP contribution in [0.2, 0.25) is 0 Å². The van der Waals surface area contributed by atoms with Gasteiger partial charge in [-0.3, -0.25) is 0 Å². The van der Waals surface area contributed by atoms with Crippen LogP contribution in [0.25, 0.3) is 0 Å². The summed E-state index contributed by atoms with van der Waals surface area (Å²) in [6, 6.07) is 7.27. The van der Waals surface area contributed by atoms with E-state index < -0.39 is 0 Å². The maximum absolute atomic E-state index is 8.85. The first-order valence-corrected chi connectivity index (χ1v) is 5.11. The van der Waals surface area contributed by atoms with Crippen molar-refractivity contribution < 1.29 is 5.11 Å². The molecule has 0 aliphatic heterocycles. The third-order valence-electron chi connectivity index (χ3n) is 1.34. The van der Waals surface area contributed by atoms with Gasteiger partial charge in [0.1, 0.15) is 5.75 Å². The molecule has 1 heteroatoms. The summed E-state index contributed by atoms with van der Waals surface area (Å²) in [4.78, 5) is 0. The second-order valence-electron chi connectivity index (χ2n) is 2.02. The SMILES string of the molecule is CC.CC.CCc1ccc(O)cc1. The highest BCUT2D eigenvalue weighted by atomic mass is 16.3. The number of rotatable bonds is 1. The smallest absolute Gasteiger partial charge is 0.115 e. The van der Waals surface area contributed by atoms with E-state index in [4.69, 9.17) is 5.11 Å². The van der Waals surface area contributed by atoms with Gasteiger partial charge in [-0.1, -0.05) is 46.8 Å². The molecule has 0 unspecified atom stereocenters. The largest absolute Gasteiger partial charge is 0.508 e. The average molecular weight is 182 g/mol. The molecule has 1 rings (SSSR count). The fourth-order valence-electron chi connectivity index (χ4n) is 0.732. The van der Waals surface area contributed by atoms with Crippen molar-refractivity contribution in [3.8, 4) is 5.75 Å². The molecule has 1 aromatic rings. The monoisotopic (exact) mass is 182 g/mol. The average Bonchev–Trinajstić information content (AvgIpc) is 2.25. The van der Waals surface area contributed by atoms with E-state index in [1.807, 2.05) is 39.8 Å². The van der Waals surface area contributed by atoms with Crippen LogP contribution in [-0.2, 0) is 6.42 Å². The van der Waals surface area contributed by atoms with E-state index in [0.717, 1.165) is 6.42 Å². The van der Waals surface area contributed by atoms with Crippen LogP contribution in [0.5, 0.6) is 5.75 Å². The van der Waals surface area contributed by atoms with Gasteiger partial charge in [0.25, 0.3) is 0 Å². The van der Waals surface area contributed by atoms with E-state index >= 15 is 0 Å². The molecule has 1 nitrogen and oxygen atoms in total. The number of phenolic OH excluding ortho intramolecular Hbond substituents is 1. The van der Waals surface area contributed by atoms with Gasteiger partial charge in [-0.05, 0) is 24.1 Å². The molecule has 1 aromatic carbocycles. The Morgan fingerprint density at radius 2 is 1.31 bits per heavy atom. The van der Waals surface area contributed by atoms with Crippen LogP contribution >= 0.6 is 0 Å². The Hall–Kier alpha value is -0.980. The number of benzene rings is 1. The van der Waals surface area contributed by atoms with Crippen LogP contribution in [0.1, 0.15) is 40.2 Å². The van der Waals surface area contributed by atoms with Crippen molar-refractivity contribution in [2.24, 2.45) is 0 Å². The number of hydrogen-bond acceptors (Lipinski definition) is 1. The van der Waals surface area contributed by atoms with Gasteiger partial charge in [-0.2, -0.15) is 0 Å². The van der Waals surface area contributed by atoms with Crippen molar-refractivity contribution >= 4 is 0 Å². The molecule has 0 aliphatic rings. The first-order chi connectivity index (χ1) is 6.33. The van der Waals surface area contributed by atoms with Crippen molar-refractivity contribution in [1.82, 2.24) is 0 Å². The highest BCUT2D eigenvalue weighted by molar-refractivity contribution is 5.25. The zero-order valence-corrected chi connectivity index (χ0v) is 9.46. The molecule has 0 amide bonds. The maximum Gasteiger partial charge on any atom is 0.115 e. The second kappa shape index (κ2) is 11.0. The summed E-state index contributed by atoms with van der Waals surface area (Å²) in [5.41, 5.74) is 1.26. The van der Waals surface area contributed by atoms with E-state index in [9.17, 15) is 0 Å². The normalized spacial score (nSPS) is 7.46. The van der Waals surface area contributed by atoms with Gasteiger partial charge in [0.2, 0.25) is 0 Å². The fourth-order valence-corrected chi connectivity index (χ4v) is 0.732. The first kappa shape index (κ1) is 14.5. The Morgan fingerprint density at radius 1 is 0.923 bits per heavy atom. The van der Waals surface area contributed by atoms with Gasteiger partial charge in [-0.25, -0.2) is 0 Å². The Morgan fingerprint density at radius 3 is 1.62 bits per heavy atom. The van der Waals surface area contributed by atoms with E-state index in [-0.39, 0.29) is 0 Å². The summed E-state index contributed by atoms with van der Waals surface area (Å²) in [7, 11) is 0. The standard InChI is InChI=1S/C8H10O.2C2H6/c1-2-7-3-5-8(9)6-4-7;2*1-2/h3-6,9H,2H2,1H3;2*1-2H3. The molecule has 0 aliphatic carbocycles. The van der Waals surface area contributed by atoms with Crippen LogP contribution in [0, 0.1) is 0 Å². The lowest BCUT2D eigenvalue weighted by atomic mass is 10.2. The van der Waals surface area contributed by atoms with E-state index in [1.54, 1.807) is 12.1 Å². The lowest BCUT2D eigenvalue weighted by molar-refractivity contribution is 0.475. The summed E-state index contributed by atoms with van der Waals surface area (Å²) in [6.07, 6.45) is 1.03. The minimum atomic E-state index is 0.340. The van der Waals surface area contributed by atoms with Crippen molar-refractivity contribution in [3.05, 3.63) is 29.8 Å². The molecule has 76 valence electrons. The van der Waals surface area contributed by atoms with Crippen molar-refractivity contribution in [3.63, 3.8) is 0 Å². The maximum atomic E-state index is 8.85. The van der Waals surface area contributed by atoms with Crippen LogP contribution in [0.4, 0.5) is 0 Å². The number of phenols is 1. The summed E-state index contributed by atoms with van der Waals surface area (Å²) in [5.74, 6) is 0.340. The summed E-state index contributed by atoms with van der Waals surface area (Å²) in [5, 5.41) is 8.85. The van der Waals surface area contributed by atoms with Gasteiger partial charge in [-0.15, -0.1) is 0 Å². The Labute approximate surface area is 82.4 Å². The van der Waals surface area contributed by atoms with Crippen molar-refractivity contribution in [1.29, 1.82) is 0 Å². The predicted octanol–water partition coefficient (Wildman–Crippen LogP) is 4.01. The van der Waals surface area contributed by atoms with Crippen molar-refractivity contribution in [2.45, 2.75) is 41.0 Å². The van der Waals surface area contributed by atoms with Crippen LogP contribution < -0.4 is 0 Å². The van der Waals surface area contributed by atoms with Gasteiger partial charge in [0, 0.05) is 0 Å². The molecule has 13 heavy (non-hydrogen) atoms. The van der Waals surface area contributed by atoms with Crippen LogP contribution in [0.15, 0.2) is 24.3 Å². The fraction of sp³-hybridized carbons (Fsp3) is 0.500. The molecular formula is C12H22O. The molecule has 0 saturated heterocycles. The molecule has 0 aromatic heterocycles. The summed E-state index contributed by atoms with van der Waals surface area (Å²) in [6.45, 7) is 10.1. The van der Waals surface area contributed by atoms with Crippen molar-refractivity contribution in [2.75, 3.05) is 0 Å². The Balaban J connectivity index is 0. The molecule has 0 heterocycles. The molecule has 0 radical (unpaired) electrons. The van der Waals surface area contributed by atoms with Gasteiger partial charge in [0.05, 0.1) is 0 Å². The number of hydrogen-bond donors (Lipinski definition) is 1.